The number of hydrogen-bond acceptors (Lipinski definition) is 3. The van der Waals surface area contributed by atoms with Crippen LogP contribution in [0.5, 0.6) is 0 Å². The molecule has 0 unspecified atom stereocenters. The lowest BCUT2D eigenvalue weighted by Crippen LogP contribution is -2.42. The number of nitrogens with one attached hydrogen (secondary N) is 1. The van der Waals surface area contributed by atoms with Crippen molar-refractivity contribution in [1.29, 1.82) is 0 Å². The molecule has 0 atom stereocenters. The van der Waals surface area contributed by atoms with Gasteiger partial charge in [-0.2, -0.15) is 5.10 Å². The van der Waals surface area contributed by atoms with Gasteiger partial charge in [0.2, 0.25) is 0 Å². The molecule has 1 aromatic heterocycles. The van der Waals surface area contributed by atoms with E-state index in [9.17, 15) is 18.7 Å². The van der Waals surface area contributed by atoms with Crippen LogP contribution in [-0.2, 0) is 7.05 Å². The Balaban J connectivity index is 1.54. The van der Waals surface area contributed by atoms with E-state index in [-0.39, 0.29) is 23.1 Å². The first-order chi connectivity index (χ1) is 14.6. The molecule has 0 bridgehead atoms. The average Bonchev–Trinajstić information content (AvgIpc) is 3.06. The van der Waals surface area contributed by atoms with Gasteiger partial charge in [-0.15, -0.1) is 0 Å². The van der Waals surface area contributed by atoms with Crippen LogP contribution in [0.15, 0.2) is 36.4 Å². The molecule has 0 radical (unpaired) electrons. The normalized spacial score (nSPS) is 19.5. The monoisotopic (exact) mass is 427 g/mol. The second kappa shape index (κ2) is 8.04. The molecule has 7 heteroatoms. The maximum atomic E-state index is 15.0. The van der Waals surface area contributed by atoms with E-state index in [1.807, 2.05) is 18.2 Å². The molecule has 1 fully saturated rings. The van der Waals surface area contributed by atoms with Crippen LogP contribution in [0.4, 0.5) is 8.78 Å². The van der Waals surface area contributed by atoms with E-state index in [1.54, 1.807) is 31.6 Å². The van der Waals surface area contributed by atoms with Crippen LogP contribution < -0.4 is 5.32 Å². The van der Waals surface area contributed by atoms with Gasteiger partial charge in [-0.25, -0.2) is 8.78 Å². The molecule has 2 N–H and O–H groups in total. The Kier molecular flexibility index (Phi) is 5.56. The van der Waals surface area contributed by atoms with E-state index in [2.05, 4.69) is 10.4 Å². The standard InChI is InChI=1S/C24H27F2N3O2/c1-24(2,31)14-8-10-15(11-9-14)27-23(30)18-13-19(25)17(12-20(18)26)22-16-6-4-5-7-21(16)29(3)28-22/h4-7,12-15,31H,8-11H2,1-3H3,(H,27,30). The van der Waals surface area contributed by atoms with Crippen molar-refractivity contribution in [2.45, 2.75) is 51.2 Å². The van der Waals surface area contributed by atoms with Crippen LogP contribution in [0.1, 0.15) is 49.9 Å². The van der Waals surface area contributed by atoms with Crippen LogP contribution in [0.3, 0.4) is 0 Å². The largest absolute Gasteiger partial charge is 0.390 e. The molecule has 0 spiro atoms. The Morgan fingerprint density at radius 3 is 2.48 bits per heavy atom. The minimum absolute atomic E-state index is 0.0246. The Labute approximate surface area is 180 Å². The molecule has 1 saturated carbocycles. The van der Waals surface area contributed by atoms with Gasteiger partial charge in [0.05, 0.1) is 16.7 Å². The minimum atomic E-state index is -0.784. The van der Waals surface area contributed by atoms with Gasteiger partial charge in [0, 0.05) is 24.0 Å². The number of fused-ring (bicyclic) bond motifs is 1. The third kappa shape index (κ3) is 4.19. The number of carbonyl (C=O) groups excluding carboxylic acids is 1. The first-order valence-electron chi connectivity index (χ1n) is 10.6. The van der Waals surface area contributed by atoms with E-state index >= 15 is 0 Å². The molecule has 1 heterocycles. The second-order valence-electron chi connectivity index (χ2n) is 8.98. The summed E-state index contributed by atoms with van der Waals surface area (Å²) in [5.74, 6) is -1.93. The summed E-state index contributed by atoms with van der Waals surface area (Å²) in [5.41, 5.74) is 0.102. The summed E-state index contributed by atoms with van der Waals surface area (Å²) in [6, 6.07) is 9.21. The summed E-state index contributed by atoms with van der Waals surface area (Å²) >= 11 is 0. The average molecular weight is 427 g/mol. The summed E-state index contributed by atoms with van der Waals surface area (Å²) in [7, 11) is 1.74. The number of aryl methyl sites for hydroxylation is 1. The second-order valence-corrected chi connectivity index (χ2v) is 8.98. The third-order valence-electron chi connectivity index (χ3n) is 6.38. The number of nitrogens with zero attached hydrogens (tertiary/aromatic N) is 2. The number of aromatic nitrogens is 2. The van der Waals surface area contributed by atoms with E-state index in [1.165, 1.54) is 0 Å². The van der Waals surface area contributed by atoms with Gasteiger partial charge < -0.3 is 10.4 Å². The Bertz CT molecular complexity index is 1130. The predicted octanol–water partition coefficient (Wildman–Crippen LogP) is 4.58. The molecule has 164 valence electrons. The highest BCUT2D eigenvalue weighted by molar-refractivity contribution is 5.97. The fraction of sp³-hybridized carbons (Fsp3) is 0.417. The smallest absolute Gasteiger partial charge is 0.254 e. The molecule has 3 aromatic rings. The number of rotatable bonds is 4. The van der Waals surface area contributed by atoms with Crippen LogP contribution in [-0.4, -0.2) is 32.4 Å². The van der Waals surface area contributed by atoms with Crippen molar-refractivity contribution in [3.8, 4) is 11.3 Å². The summed E-state index contributed by atoms with van der Waals surface area (Å²) in [5, 5.41) is 18.0. The van der Waals surface area contributed by atoms with Gasteiger partial charge in [-0.1, -0.05) is 18.2 Å². The topological polar surface area (TPSA) is 67.2 Å². The van der Waals surface area contributed by atoms with Crippen LogP contribution in [0.25, 0.3) is 22.2 Å². The van der Waals surface area contributed by atoms with Crippen LogP contribution >= 0.6 is 0 Å². The number of benzene rings is 2. The van der Waals surface area contributed by atoms with Gasteiger partial charge >= 0.3 is 0 Å². The molecule has 4 rings (SSSR count). The van der Waals surface area contributed by atoms with Gasteiger partial charge in [0.15, 0.2) is 0 Å². The van der Waals surface area contributed by atoms with Crippen molar-refractivity contribution in [2.24, 2.45) is 13.0 Å². The van der Waals surface area contributed by atoms with Crippen molar-refractivity contribution >= 4 is 16.8 Å². The molecule has 2 aromatic carbocycles. The third-order valence-corrected chi connectivity index (χ3v) is 6.38. The van der Waals surface area contributed by atoms with Crippen molar-refractivity contribution in [3.63, 3.8) is 0 Å². The Morgan fingerprint density at radius 2 is 1.81 bits per heavy atom. The number of halogens is 2. The number of aliphatic hydroxyl groups is 1. The molecule has 5 nitrogen and oxygen atoms in total. The summed E-state index contributed by atoms with van der Waals surface area (Å²) in [6.07, 6.45) is 2.94. The SMILES string of the molecule is Cn1nc(-c2cc(F)c(C(=O)NC3CCC(C(C)(C)O)CC3)cc2F)c2ccccc21. The van der Waals surface area contributed by atoms with E-state index in [0.29, 0.717) is 23.9 Å². The highest BCUT2D eigenvalue weighted by Gasteiger charge is 2.32. The maximum absolute atomic E-state index is 15.0. The first kappa shape index (κ1) is 21.4. The van der Waals surface area contributed by atoms with Gasteiger partial charge in [-0.3, -0.25) is 9.48 Å². The van der Waals surface area contributed by atoms with Gasteiger partial charge in [0.25, 0.3) is 5.91 Å². The van der Waals surface area contributed by atoms with Crippen molar-refractivity contribution in [3.05, 3.63) is 53.6 Å². The summed E-state index contributed by atoms with van der Waals surface area (Å²) in [4.78, 5) is 12.6. The molecule has 0 saturated heterocycles. The summed E-state index contributed by atoms with van der Waals surface area (Å²) < 4.78 is 31.4. The zero-order valence-corrected chi connectivity index (χ0v) is 18.0. The van der Waals surface area contributed by atoms with Crippen LogP contribution in [0, 0.1) is 17.6 Å². The van der Waals surface area contributed by atoms with Gasteiger partial charge in [-0.05, 0) is 63.6 Å². The number of para-hydroxylation sites is 1. The maximum Gasteiger partial charge on any atom is 0.254 e. The highest BCUT2D eigenvalue weighted by Crippen LogP contribution is 2.33. The molecule has 1 aliphatic carbocycles. The fourth-order valence-corrected chi connectivity index (χ4v) is 4.52. The quantitative estimate of drug-likeness (QED) is 0.641. The highest BCUT2D eigenvalue weighted by atomic mass is 19.1. The molecule has 1 amide bonds. The van der Waals surface area contributed by atoms with Crippen LogP contribution in [0.2, 0.25) is 0 Å². The van der Waals surface area contributed by atoms with Crippen molar-refractivity contribution < 1.29 is 18.7 Å². The Hall–Kier alpha value is -2.80. The lowest BCUT2D eigenvalue weighted by atomic mass is 9.77. The number of hydrogen-bond donors (Lipinski definition) is 2. The summed E-state index contributed by atoms with van der Waals surface area (Å²) in [6.45, 7) is 3.59. The lowest BCUT2D eigenvalue weighted by molar-refractivity contribution is -0.00258. The lowest BCUT2D eigenvalue weighted by Gasteiger charge is -2.36. The van der Waals surface area contributed by atoms with E-state index in [4.69, 9.17) is 0 Å². The van der Waals surface area contributed by atoms with Crippen molar-refractivity contribution in [1.82, 2.24) is 15.1 Å². The van der Waals surface area contributed by atoms with Gasteiger partial charge in [0.1, 0.15) is 17.3 Å². The number of amides is 1. The molecular weight excluding hydrogens is 400 g/mol. The molecule has 31 heavy (non-hydrogen) atoms. The number of carbonyl (C=O) groups is 1. The first-order valence-corrected chi connectivity index (χ1v) is 10.6. The van der Waals surface area contributed by atoms with E-state index < -0.39 is 23.1 Å². The molecular formula is C24H27F2N3O2. The van der Waals surface area contributed by atoms with Crippen molar-refractivity contribution in [2.75, 3.05) is 0 Å². The minimum Gasteiger partial charge on any atom is -0.390 e. The Morgan fingerprint density at radius 1 is 1.13 bits per heavy atom. The zero-order chi connectivity index (χ0) is 22.3. The van der Waals surface area contributed by atoms with E-state index in [0.717, 1.165) is 30.5 Å². The predicted molar refractivity (Wildman–Crippen MR) is 116 cm³/mol. The fourth-order valence-electron chi connectivity index (χ4n) is 4.52. The molecule has 1 aliphatic rings. The zero-order valence-electron chi connectivity index (χ0n) is 18.0. The molecule has 0 aliphatic heterocycles.